The molecule has 0 N–H and O–H groups in total. The van der Waals surface area contributed by atoms with Crippen molar-refractivity contribution in [2.45, 2.75) is 19.3 Å². The van der Waals surface area contributed by atoms with Crippen LogP contribution in [0, 0.1) is 0 Å². The number of hydrogen-bond donors (Lipinski definition) is 0. The first kappa shape index (κ1) is 18.5. The molecule has 33 heavy (non-hydrogen) atoms. The molecule has 0 fully saturated rings. The van der Waals surface area contributed by atoms with Gasteiger partial charge in [0.05, 0.1) is 11.2 Å². The summed E-state index contributed by atoms with van der Waals surface area (Å²) in [5.41, 5.74) is 8.21. The van der Waals surface area contributed by atoms with Gasteiger partial charge in [-0.3, -0.25) is 9.97 Å². The second-order valence-electron chi connectivity index (χ2n) is 9.53. The number of fused-ring (bicyclic) bond motifs is 1. The minimum atomic E-state index is 0.0142. The number of rotatable bonds is 2. The molecule has 0 radical (unpaired) electrons. The van der Waals surface area contributed by atoms with Gasteiger partial charge in [0, 0.05) is 39.9 Å². The highest BCUT2D eigenvalue weighted by atomic mass is 14.7. The molecule has 1 aliphatic rings. The molecule has 6 aromatic rings. The van der Waals surface area contributed by atoms with E-state index in [0.717, 1.165) is 27.7 Å². The average molecular weight is 423 g/mol. The van der Waals surface area contributed by atoms with E-state index in [0.29, 0.717) is 0 Å². The van der Waals surface area contributed by atoms with Crippen LogP contribution >= 0.6 is 0 Å². The van der Waals surface area contributed by atoms with Crippen molar-refractivity contribution in [1.82, 2.24) is 9.97 Å². The van der Waals surface area contributed by atoms with Gasteiger partial charge in [0.15, 0.2) is 0 Å². The maximum Gasteiger partial charge on any atom is 0.0708 e. The van der Waals surface area contributed by atoms with Crippen LogP contribution in [0.25, 0.3) is 54.8 Å². The SMILES string of the molecule is CC1(C)c2cccc3cc(-c4ccc(-c5cnc6ccccc6c5)cn4)c4cccc1c4c23. The average Bonchev–Trinajstić information content (AvgIpc) is 3.10. The first-order chi connectivity index (χ1) is 16.1. The van der Waals surface area contributed by atoms with Gasteiger partial charge in [0.1, 0.15) is 0 Å². The molecular weight excluding hydrogens is 400 g/mol. The van der Waals surface area contributed by atoms with Crippen molar-refractivity contribution in [2.75, 3.05) is 0 Å². The molecule has 1 aliphatic carbocycles. The van der Waals surface area contributed by atoms with Crippen molar-refractivity contribution >= 4 is 32.4 Å². The normalized spacial score (nSPS) is 14.0. The standard InChI is InChI=1S/C31H22N2/c1-31(2)25-10-5-8-20-16-24(23-9-6-11-26(31)30(23)29(20)25)28-14-13-21(17-33-28)22-15-19-7-3-4-12-27(19)32-18-22/h3-18H,1-2H3. The van der Waals surface area contributed by atoms with Gasteiger partial charge in [-0.25, -0.2) is 0 Å². The van der Waals surface area contributed by atoms with Crippen LogP contribution in [-0.4, -0.2) is 9.97 Å². The fourth-order valence-electron chi connectivity index (χ4n) is 5.60. The lowest BCUT2D eigenvalue weighted by Gasteiger charge is -2.21. The zero-order chi connectivity index (χ0) is 22.2. The van der Waals surface area contributed by atoms with Crippen LogP contribution in [0.3, 0.4) is 0 Å². The third kappa shape index (κ3) is 2.55. The van der Waals surface area contributed by atoms with Crippen LogP contribution < -0.4 is 0 Å². The number of hydrogen-bond acceptors (Lipinski definition) is 2. The minimum Gasteiger partial charge on any atom is -0.256 e. The maximum atomic E-state index is 4.92. The molecule has 0 unspecified atom stereocenters. The van der Waals surface area contributed by atoms with Gasteiger partial charge in [-0.2, -0.15) is 0 Å². The van der Waals surface area contributed by atoms with Gasteiger partial charge in [-0.15, -0.1) is 0 Å². The summed E-state index contributed by atoms with van der Waals surface area (Å²) in [5, 5.41) is 6.50. The molecule has 4 aromatic carbocycles. The zero-order valence-corrected chi connectivity index (χ0v) is 18.6. The van der Waals surface area contributed by atoms with E-state index in [1.165, 1.54) is 38.2 Å². The molecule has 0 saturated carbocycles. The minimum absolute atomic E-state index is 0.0142. The lowest BCUT2D eigenvalue weighted by molar-refractivity contribution is 0.663. The van der Waals surface area contributed by atoms with Crippen molar-refractivity contribution < 1.29 is 0 Å². The van der Waals surface area contributed by atoms with E-state index in [1.807, 2.05) is 30.6 Å². The van der Waals surface area contributed by atoms with E-state index in [4.69, 9.17) is 4.98 Å². The maximum absolute atomic E-state index is 4.92. The summed E-state index contributed by atoms with van der Waals surface area (Å²) in [6, 6.07) is 30.4. The fourth-order valence-corrected chi connectivity index (χ4v) is 5.60. The molecule has 0 bridgehead atoms. The Morgan fingerprint density at radius 1 is 0.606 bits per heavy atom. The van der Waals surface area contributed by atoms with E-state index in [-0.39, 0.29) is 5.41 Å². The van der Waals surface area contributed by atoms with Crippen molar-refractivity contribution in [3.63, 3.8) is 0 Å². The third-order valence-electron chi connectivity index (χ3n) is 7.31. The summed E-state index contributed by atoms with van der Waals surface area (Å²) >= 11 is 0. The summed E-state index contributed by atoms with van der Waals surface area (Å²) in [5.74, 6) is 0. The van der Waals surface area contributed by atoms with Crippen LogP contribution in [0.4, 0.5) is 0 Å². The molecular formula is C31H22N2. The predicted octanol–water partition coefficient (Wildman–Crippen LogP) is 7.91. The summed E-state index contributed by atoms with van der Waals surface area (Å²) in [4.78, 5) is 9.53. The highest BCUT2D eigenvalue weighted by Gasteiger charge is 2.34. The van der Waals surface area contributed by atoms with Crippen molar-refractivity contribution in [2.24, 2.45) is 0 Å². The Kier molecular flexibility index (Phi) is 3.64. The monoisotopic (exact) mass is 422 g/mol. The molecule has 7 rings (SSSR count). The van der Waals surface area contributed by atoms with Gasteiger partial charge in [0.2, 0.25) is 0 Å². The molecule has 0 atom stereocenters. The summed E-state index contributed by atoms with van der Waals surface area (Å²) in [6.07, 6.45) is 3.91. The third-order valence-corrected chi connectivity index (χ3v) is 7.31. The van der Waals surface area contributed by atoms with Crippen LogP contribution in [0.15, 0.2) is 97.3 Å². The Bertz CT molecular complexity index is 1730. The van der Waals surface area contributed by atoms with E-state index in [1.54, 1.807) is 0 Å². The predicted molar refractivity (Wildman–Crippen MR) is 138 cm³/mol. The van der Waals surface area contributed by atoms with Crippen molar-refractivity contribution in [3.8, 4) is 22.4 Å². The number of aromatic nitrogens is 2. The molecule has 2 aromatic heterocycles. The number of benzene rings is 4. The summed E-state index contributed by atoms with van der Waals surface area (Å²) in [7, 11) is 0. The molecule has 0 aliphatic heterocycles. The lowest BCUT2D eigenvalue weighted by Crippen LogP contribution is -2.14. The number of nitrogens with zero attached hydrogens (tertiary/aromatic N) is 2. The fraction of sp³-hybridized carbons (Fsp3) is 0.0968. The Hall–Kier alpha value is -4.04. The van der Waals surface area contributed by atoms with Crippen molar-refractivity contribution in [3.05, 3.63) is 108 Å². The molecule has 0 amide bonds. The van der Waals surface area contributed by atoms with Gasteiger partial charge in [-0.05, 0) is 56.9 Å². The first-order valence-corrected chi connectivity index (χ1v) is 11.4. The first-order valence-electron chi connectivity index (χ1n) is 11.4. The van der Waals surface area contributed by atoms with Gasteiger partial charge >= 0.3 is 0 Å². The van der Waals surface area contributed by atoms with E-state index < -0.39 is 0 Å². The number of para-hydroxylation sites is 1. The molecule has 0 spiro atoms. The van der Waals surface area contributed by atoms with E-state index in [9.17, 15) is 0 Å². The van der Waals surface area contributed by atoms with E-state index in [2.05, 4.69) is 85.6 Å². The lowest BCUT2D eigenvalue weighted by atomic mass is 9.82. The largest absolute Gasteiger partial charge is 0.256 e. The smallest absolute Gasteiger partial charge is 0.0708 e. The van der Waals surface area contributed by atoms with E-state index >= 15 is 0 Å². The van der Waals surface area contributed by atoms with Crippen molar-refractivity contribution in [1.29, 1.82) is 0 Å². The highest BCUT2D eigenvalue weighted by molar-refractivity contribution is 6.19. The highest BCUT2D eigenvalue weighted by Crippen LogP contribution is 2.50. The molecule has 0 saturated heterocycles. The molecule has 2 nitrogen and oxygen atoms in total. The Morgan fingerprint density at radius 3 is 2.21 bits per heavy atom. The topological polar surface area (TPSA) is 25.8 Å². The molecule has 156 valence electrons. The van der Waals surface area contributed by atoms with Crippen LogP contribution in [-0.2, 0) is 5.41 Å². The summed E-state index contributed by atoms with van der Waals surface area (Å²) in [6.45, 7) is 4.67. The zero-order valence-electron chi connectivity index (χ0n) is 18.6. The van der Waals surface area contributed by atoms with Gasteiger partial charge in [-0.1, -0.05) is 74.5 Å². The van der Waals surface area contributed by atoms with Crippen LogP contribution in [0.5, 0.6) is 0 Å². The Morgan fingerprint density at radius 2 is 1.36 bits per heavy atom. The van der Waals surface area contributed by atoms with Crippen LogP contribution in [0.2, 0.25) is 0 Å². The van der Waals surface area contributed by atoms with Gasteiger partial charge < -0.3 is 0 Å². The quantitative estimate of drug-likeness (QED) is 0.265. The number of pyridine rings is 2. The second kappa shape index (κ2) is 6.49. The summed E-state index contributed by atoms with van der Waals surface area (Å²) < 4.78 is 0. The molecule has 2 heterocycles. The van der Waals surface area contributed by atoms with Gasteiger partial charge in [0.25, 0.3) is 0 Å². The Labute approximate surface area is 192 Å². The van der Waals surface area contributed by atoms with Crippen LogP contribution in [0.1, 0.15) is 25.0 Å². The molecule has 2 heteroatoms. The second-order valence-corrected chi connectivity index (χ2v) is 9.53. The Balaban J connectivity index is 1.41.